The van der Waals surface area contributed by atoms with Crippen molar-refractivity contribution in [1.82, 2.24) is 0 Å². The normalized spacial score (nSPS) is 18.5. The molecule has 0 aromatic heterocycles. The third kappa shape index (κ3) is 12.2. The Morgan fingerprint density at radius 1 is 0.854 bits per heavy atom. The third-order valence-corrected chi connectivity index (χ3v) is 9.03. The Labute approximate surface area is 253 Å². The average Bonchev–Trinajstić information content (AvgIpc) is 2.85. The number of ether oxygens (including phenoxy) is 3. The molecule has 0 spiro atoms. The lowest BCUT2D eigenvalue weighted by Crippen LogP contribution is -2.37. The Morgan fingerprint density at radius 2 is 1.44 bits per heavy atom. The molecule has 0 unspecified atom stereocenters. The van der Waals surface area contributed by atoms with Crippen molar-refractivity contribution in [2.45, 2.75) is 171 Å². The van der Waals surface area contributed by atoms with Crippen molar-refractivity contribution in [3.63, 3.8) is 0 Å². The first-order valence-corrected chi connectivity index (χ1v) is 16.8. The molecule has 0 N–H and O–H groups in total. The number of fused-ring (bicyclic) bond motifs is 1. The zero-order valence-corrected chi connectivity index (χ0v) is 28.8. The van der Waals surface area contributed by atoms with Gasteiger partial charge in [-0.25, -0.2) is 0 Å². The summed E-state index contributed by atoms with van der Waals surface area (Å²) in [5, 5.41) is 0. The first kappa shape index (κ1) is 35.5. The average molecular weight is 573 g/mol. The first-order chi connectivity index (χ1) is 19.1. The van der Waals surface area contributed by atoms with Crippen molar-refractivity contribution in [2.75, 3.05) is 6.61 Å². The van der Waals surface area contributed by atoms with E-state index in [0.29, 0.717) is 19.4 Å². The molecule has 3 atom stereocenters. The van der Waals surface area contributed by atoms with E-state index in [1.165, 1.54) is 68.1 Å². The predicted molar refractivity (Wildman–Crippen MR) is 173 cm³/mol. The van der Waals surface area contributed by atoms with Gasteiger partial charge in [0.25, 0.3) is 0 Å². The fraction of sp³-hybridized carbons (Fsp3) is 0.811. The Kier molecular flexibility index (Phi) is 14.0. The van der Waals surface area contributed by atoms with Crippen LogP contribution in [-0.2, 0) is 16.0 Å². The van der Waals surface area contributed by atoms with Gasteiger partial charge < -0.3 is 14.2 Å². The van der Waals surface area contributed by atoms with Crippen LogP contribution in [-0.4, -0.2) is 23.8 Å². The van der Waals surface area contributed by atoms with E-state index in [1.54, 1.807) is 0 Å². The number of benzene rings is 1. The summed E-state index contributed by atoms with van der Waals surface area (Å²) >= 11 is 0. The summed E-state index contributed by atoms with van der Waals surface area (Å²) in [4.78, 5) is 12.0. The standard InChI is InChI=1S/C37H64O4/c1-26(2)16-12-17-27(3)18-13-19-28(4)20-14-23-37(11)24-22-32-31(7)34(29(5)30(6)35(32)41-37)39-25-15-21-33(38)40-36(8,9)10/h26-28H,12-25H2,1-11H3/t27-,28-,37-/m1/s1. The number of rotatable bonds is 17. The zero-order valence-electron chi connectivity index (χ0n) is 28.8. The van der Waals surface area contributed by atoms with Gasteiger partial charge in [0.15, 0.2) is 0 Å². The molecule has 4 heteroatoms. The summed E-state index contributed by atoms with van der Waals surface area (Å²) in [6.07, 6.45) is 15.0. The lowest BCUT2D eigenvalue weighted by atomic mass is 9.83. The van der Waals surface area contributed by atoms with Gasteiger partial charge in [0.1, 0.15) is 22.7 Å². The predicted octanol–water partition coefficient (Wildman–Crippen LogP) is 10.6. The second-order valence-electron chi connectivity index (χ2n) is 15.0. The van der Waals surface area contributed by atoms with Crippen LogP contribution < -0.4 is 9.47 Å². The number of carbonyl (C=O) groups is 1. The summed E-state index contributed by atoms with van der Waals surface area (Å²) in [5.41, 5.74) is 4.28. The van der Waals surface area contributed by atoms with Gasteiger partial charge in [0.2, 0.25) is 0 Å². The molecule has 1 aliphatic heterocycles. The second-order valence-corrected chi connectivity index (χ2v) is 15.0. The number of hydrogen-bond acceptors (Lipinski definition) is 4. The van der Waals surface area contributed by atoms with Crippen LogP contribution in [0.25, 0.3) is 0 Å². The van der Waals surface area contributed by atoms with Gasteiger partial charge in [0.05, 0.1) is 6.61 Å². The van der Waals surface area contributed by atoms with E-state index in [-0.39, 0.29) is 11.6 Å². The highest BCUT2D eigenvalue weighted by Gasteiger charge is 2.34. The van der Waals surface area contributed by atoms with E-state index in [1.807, 2.05) is 20.8 Å². The minimum Gasteiger partial charge on any atom is -0.493 e. The van der Waals surface area contributed by atoms with Crippen LogP contribution >= 0.6 is 0 Å². The number of hydrogen-bond donors (Lipinski definition) is 0. The molecule has 0 aliphatic carbocycles. The molecule has 2 rings (SSSR count). The molecule has 0 radical (unpaired) electrons. The summed E-state index contributed by atoms with van der Waals surface area (Å²) in [6.45, 7) is 24.5. The third-order valence-electron chi connectivity index (χ3n) is 9.03. The van der Waals surface area contributed by atoms with Crippen molar-refractivity contribution in [1.29, 1.82) is 0 Å². The lowest BCUT2D eigenvalue weighted by Gasteiger charge is -2.38. The Hall–Kier alpha value is -1.71. The molecule has 1 heterocycles. The van der Waals surface area contributed by atoms with E-state index in [9.17, 15) is 4.79 Å². The molecule has 1 aromatic carbocycles. The van der Waals surface area contributed by atoms with Gasteiger partial charge >= 0.3 is 5.97 Å². The fourth-order valence-electron chi connectivity index (χ4n) is 6.26. The molecule has 1 aromatic rings. The van der Waals surface area contributed by atoms with E-state index in [0.717, 1.165) is 54.1 Å². The minimum atomic E-state index is -0.446. The van der Waals surface area contributed by atoms with Gasteiger partial charge in [-0.1, -0.05) is 72.6 Å². The Morgan fingerprint density at radius 3 is 2.02 bits per heavy atom. The van der Waals surface area contributed by atoms with Crippen LogP contribution in [0.5, 0.6) is 11.5 Å². The zero-order chi connectivity index (χ0) is 30.8. The summed E-state index contributed by atoms with van der Waals surface area (Å²) < 4.78 is 18.5. The highest BCUT2D eigenvalue weighted by atomic mass is 16.6. The molecule has 0 bridgehead atoms. The minimum absolute atomic E-state index is 0.100. The summed E-state index contributed by atoms with van der Waals surface area (Å²) in [6, 6.07) is 0. The fourth-order valence-corrected chi connectivity index (χ4v) is 6.26. The van der Waals surface area contributed by atoms with Crippen LogP contribution in [0.3, 0.4) is 0 Å². The molecule has 0 amide bonds. The largest absolute Gasteiger partial charge is 0.493 e. The van der Waals surface area contributed by atoms with Crippen molar-refractivity contribution in [2.24, 2.45) is 17.8 Å². The lowest BCUT2D eigenvalue weighted by molar-refractivity contribution is -0.155. The highest BCUT2D eigenvalue weighted by Crippen LogP contribution is 2.45. The Bertz CT molecular complexity index is 957. The van der Waals surface area contributed by atoms with Crippen LogP contribution in [0.4, 0.5) is 0 Å². The SMILES string of the molecule is Cc1c(C)c2c(c(C)c1OCCCC(=O)OC(C)(C)C)CC[C@@](C)(CCC[C@H](C)CCC[C@H](C)CCCC(C)C)O2. The van der Waals surface area contributed by atoms with E-state index < -0.39 is 5.60 Å². The topological polar surface area (TPSA) is 44.8 Å². The molecule has 0 saturated carbocycles. The molecule has 0 saturated heterocycles. The van der Waals surface area contributed by atoms with Crippen molar-refractivity contribution >= 4 is 5.97 Å². The molecular formula is C37H64O4. The van der Waals surface area contributed by atoms with E-state index in [4.69, 9.17) is 14.2 Å². The van der Waals surface area contributed by atoms with Crippen LogP contribution in [0.1, 0.15) is 155 Å². The van der Waals surface area contributed by atoms with Crippen molar-refractivity contribution in [3.05, 3.63) is 22.3 Å². The smallest absolute Gasteiger partial charge is 0.306 e. The molecule has 4 nitrogen and oxygen atoms in total. The van der Waals surface area contributed by atoms with Gasteiger partial charge in [-0.2, -0.15) is 0 Å². The first-order valence-electron chi connectivity index (χ1n) is 16.8. The molecule has 236 valence electrons. The van der Waals surface area contributed by atoms with E-state index >= 15 is 0 Å². The molecular weight excluding hydrogens is 508 g/mol. The van der Waals surface area contributed by atoms with Gasteiger partial charge in [0, 0.05) is 12.0 Å². The summed E-state index contributed by atoms with van der Waals surface area (Å²) in [7, 11) is 0. The van der Waals surface area contributed by atoms with Crippen molar-refractivity contribution in [3.8, 4) is 11.5 Å². The highest BCUT2D eigenvalue weighted by molar-refractivity contribution is 5.69. The van der Waals surface area contributed by atoms with Crippen LogP contribution in [0, 0.1) is 38.5 Å². The Balaban J connectivity index is 1.83. The van der Waals surface area contributed by atoms with E-state index in [2.05, 4.69) is 55.4 Å². The second kappa shape index (κ2) is 16.2. The van der Waals surface area contributed by atoms with Gasteiger partial charge in [-0.15, -0.1) is 0 Å². The maximum absolute atomic E-state index is 12.0. The monoisotopic (exact) mass is 572 g/mol. The molecule has 0 fully saturated rings. The van der Waals surface area contributed by atoms with Gasteiger partial charge in [-0.3, -0.25) is 4.79 Å². The van der Waals surface area contributed by atoms with Crippen LogP contribution in [0.2, 0.25) is 0 Å². The number of esters is 1. The molecule has 41 heavy (non-hydrogen) atoms. The van der Waals surface area contributed by atoms with Crippen LogP contribution in [0.15, 0.2) is 0 Å². The maximum atomic E-state index is 12.0. The molecule has 1 aliphatic rings. The maximum Gasteiger partial charge on any atom is 0.306 e. The summed E-state index contributed by atoms with van der Waals surface area (Å²) in [5.74, 6) is 4.37. The van der Waals surface area contributed by atoms with Crippen molar-refractivity contribution < 1.29 is 19.0 Å². The van der Waals surface area contributed by atoms with Gasteiger partial charge in [-0.05, 0) is 115 Å². The quantitative estimate of drug-likeness (QED) is 0.138. The number of carbonyl (C=O) groups excluding carboxylic acids is 1.